The second kappa shape index (κ2) is 6.02. The highest BCUT2D eigenvalue weighted by Gasteiger charge is 2.26. The number of aliphatic hydroxyl groups is 1. The Balaban J connectivity index is 3.15. The largest absolute Gasteiger partial charge is 0.394 e. The number of hydrogen-bond donors (Lipinski definition) is 2. The molecular formula is C12H23N3O3S. The van der Waals surface area contributed by atoms with Gasteiger partial charge in [0.15, 0.2) is 0 Å². The zero-order chi connectivity index (χ0) is 14.8. The smallest absolute Gasteiger partial charge is 0.244 e. The van der Waals surface area contributed by atoms with Gasteiger partial charge in [0.2, 0.25) is 10.0 Å². The van der Waals surface area contributed by atoms with Crippen LogP contribution in [0.2, 0.25) is 0 Å². The summed E-state index contributed by atoms with van der Waals surface area (Å²) in [5, 5.41) is 13.1. The van der Waals surface area contributed by atoms with Gasteiger partial charge in [-0.3, -0.25) is 4.68 Å². The van der Waals surface area contributed by atoms with Gasteiger partial charge in [0.05, 0.1) is 24.5 Å². The molecule has 0 bridgehead atoms. The van der Waals surface area contributed by atoms with Crippen molar-refractivity contribution in [2.24, 2.45) is 5.92 Å². The summed E-state index contributed by atoms with van der Waals surface area (Å²) < 4.78 is 28.9. The summed E-state index contributed by atoms with van der Waals surface area (Å²) in [6, 6.07) is -0.148. The van der Waals surface area contributed by atoms with Crippen LogP contribution in [0.1, 0.15) is 32.2 Å². The molecule has 1 unspecified atom stereocenters. The van der Waals surface area contributed by atoms with E-state index in [2.05, 4.69) is 9.82 Å². The lowest BCUT2D eigenvalue weighted by Gasteiger charge is -2.17. The summed E-state index contributed by atoms with van der Waals surface area (Å²) in [7, 11) is -3.58. The van der Waals surface area contributed by atoms with Crippen molar-refractivity contribution in [2.75, 3.05) is 6.61 Å². The van der Waals surface area contributed by atoms with Crippen LogP contribution in [0.5, 0.6) is 0 Å². The molecule has 0 aliphatic rings. The molecule has 0 radical (unpaired) electrons. The monoisotopic (exact) mass is 289 g/mol. The van der Waals surface area contributed by atoms with Gasteiger partial charge in [-0.05, 0) is 26.7 Å². The molecule has 1 aromatic rings. The Morgan fingerprint density at radius 1 is 1.32 bits per heavy atom. The van der Waals surface area contributed by atoms with Gasteiger partial charge in [0.25, 0.3) is 0 Å². The lowest BCUT2D eigenvalue weighted by atomic mass is 10.1. The van der Waals surface area contributed by atoms with Crippen molar-refractivity contribution in [3.8, 4) is 0 Å². The minimum atomic E-state index is -3.58. The first kappa shape index (κ1) is 16.1. The molecule has 2 N–H and O–H groups in total. The maximum Gasteiger partial charge on any atom is 0.244 e. The van der Waals surface area contributed by atoms with Gasteiger partial charge < -0.3 is 5.11 Å². The number of rotatable bonds is 6. The average molecular weight is 289 g/mol. The van der Waals surface area contributed by atoms with Crippen molar-refractivity contribution >= 4 is 10.0 Å². The van der Waals surface area contributed by atoms with Crippen LogP contribution in [0.15, 0.2) is 4.90 Å². The van der Waals surface area contributed by atoms with Crippen molar-refractivity contribution in [1.29, 1.82) is 0 Å². The van der Waals surface area contributed by atoms with Crippen molar-refractivity contribution < 1.29 is 13.5 Å². The van der Waals surface area contributed by atoms with Crippen LogP contribution in [0, 0.1) is 19.8 Å². The number of aryl methyl sites for hydroxylation is 1. The van der Waals surface area contributed by atoms with Gasteiger partial charge in [-0.15, -0.1) is 0 Å². The summed E-state index contributed by atoms with van der Waals surface area (Å²) in [5.41, 5.74) is 1.00. The molecule has 0 saturated carbocycles. The summed E-state index contributed by atoms with van der Waals surface area (Å²) in [5.74, 6) is 0.211. The second-order valence-corrected chi connectivity index (χ2v) is 6.75. The lowest BCUT2D eigenvalue weighted by Crippen LogP contribution is -2.36. The lowest BCUT2D eigenvalue weighted by molar-refractivity contribution is 0.267. The number of nitrogens with one attached hydrogen (secondary N) is 1. The molecule has 110 valence electrons. The van der Waals surface area contributed by atoms with Crippen LogP contribution < -0.4 is 4.72 Å². The van der Waals surface area contributed by atoms with E-state index < -0.39 is 10.0 Å². The molecule has 0 aliphatic carbocycles. The number of nitrogens with zero attached hydrogens (tertiary/aromatic N) is 2. The summed E-state index contributed by atoms with van der Waals surface area (Å²) >= 11 is 0. The molecule has 0 spiro atoms. The summed E-state index contributed by atoms with van der Waals surface area (Å²) in [6.45, 7) is 9.34. The molecule has 0 fully saturated rings. The van der Waals surface area contributed by atoms with Gasteiger partial charge >= 0.3 is 0 Å². The van der Waals surface area contributed by atoms with E-state index in [1.807, 2.05) is 20.8 Å². The molecule has 6 nitrogen and oxygen atoms in total. The molecule has 0 amide bonds. The quantitative estimate of drug-likeness (QED) is 0.812. The van der Waals surface area contributed by atoms with E-state index in [4.69, 9.17) is 5.11 Å². The Hall–Kier alpha value is -0.920. The summed E-state index contributed by atoms with van der Waals surface area (Å²) in [4.78, 5) is 0.216. The number of sulfonamides is 1. The minimum absolute atomic E-state index is 0.0721. The second-order valence-electron chi connectivity index (χ2n) is 5.10. The van der Waals surface area contributed by atoms with E-state index in [1.54, 1.807) is 13.8 Å². The third kappa shape index (κ3) is 3.55. The third-order valence-electron chi connectivity index (χ3n) is 3.24. The van der Waals surface area contributed by atoms with Gasteiger partial charge in [-0.1, -0.05) is 13.8 Å². The normalized spacial score (nSPS) is 14.1. The van der Waals surface area contributed by atoms with E-state index in [0.717, 1.165) is 0 Å². The molecule has 0 aromatic carbocycles. The highest BCUT2D eigenvalue weighted by atomic mass is 32.2. The molecular weight excluding hydrogens is 266 g/mol. The number of aliphatic hydroxyl groups excluding tert-OH is 1. The predicted molar refractivity (Wildman–Crippen MR) is 73.4 cm³/mol. The molecule has 1 rings (SSSR count). The Labute approximate surface area is 114 Å². The topological polar surface area (TPSA) is 84.2 Å². The maximum absolute atomic E-state index is 12.4. The van der Waals surface area contributed by atoms with E-state index in [9.17, 15) is 8.42 Å². The molecule has 1 aromatic heterocycles. The zero-order valence-electron chi connectivity index (χ0n) is 12.1. The first-order valence-electron chi connectivity index (χ1n) is 6.38. The predicted octanol–water partition coefficient (Wildman–Crippen LogP) is 0.815. The van der Waals surface area contributed by atoms with Crippen LogP contribution in [-0.2, 0) is 16.6 Å². The van der Waals surface area contributed by atoms with Crippen molar-refractivity contribution in [3.05, 3.63) is 11.4 Å². The SMILES string of the molecule is Cc1nn(CCO)c(C)c1S(=O)(=O)NC(C)C(C)C. The van der Waals surface area contributed by atoms with Gasteiger partial charge in [-0.2, -0.15) is 5.10 Å². The van der Waals surface area contributed by atoms with Crippen molar-refractivity contribution in [3.63, 3.8) is 0 Å². The van der Waals surface area contributed by atoms with Crippen LogP contribution >= 0.6 is 0 Å². The van der Waals surface area contributed by atoms with Gasteiger partial charge in [0.1, 0.15) is 4.90 Å². The van der Waals surface area contributed by atoms with E-state index >= 15 is 0 Å². The average Bonchev–Trinajstić information content (AvgIpc) is 2.54. The maximum atomic E-state index is 12.4. The minimum Gasteiger partial charge on any atom is -0.394 e. The van der Waals surface area contributed by atoms with Crippen LogP contribution in [-0.4, -0.2) is 36.0 Å². The Kier molecular flexibility index (Phi) is 5.11. The molecule has 1 heterocycles. The van der Waals surface area contributed by atoms with E-state index in [-0.39, 0.29) is 23.5 Å². The number of hydrogen-bond acceptors (Lipinski definition) is 4. The van der Waals surface area contributed by atoms with Crippen LogP contribution in [0.3, 0.4) is 0 Å². The highest BCUT2D eigenvalue weighted by molar-refractivity contribution is 7.89. The standard InChI is InChI=1S/C12H23N3O3S/c1-8(2)9(3)14-19(17,18)12-10(4)13-15(6-7-16)11(12)5/h8-9,14,16H,6-7H2,1-5H3. The molecule has 0 saturated heterocycles. The van der Waals surface area contributed by atoms with Crippen molar-refractivity contribution in [2.45, 2.75) is 52.1 Å². The van der Waals surface area contributed by atoms with E-state index in [0.29, 0.717) is 17.9 Å². The highest BCUT2D eigenvalue weighted by Crippen LogP contribution is 2.20. The first-order valence-corrected chi connectivity index (χ1v) is 7.86. The molecule has 19 heavy (non-hydrogen) atoms. The van der Waals surface area contributed by atoms with Gasteiger partial charge in [-0.25, -0.2) is 13.1 Å². The molecule has 0 aliphatic heterocycles. The Bertz CT molecular complexity index is 535. The molecule has 7 heteroatoms. The fourth-order valence-corrected chi connectivity index (χ4v) is 3.63. The fraction of sp³-hybridized carbons (Fsp3) is 0.750. The fourth-order valence-electron chi connectivity index (χ4n) is 1.82. The number of aromatic nitrogens is 2. The van der Waals surface area contributed by atoms with Crippen LogP contribution in [0.25, 0.3) is 0 Å². The Morgan fingerprint density at radius 2 is 1.89 bits per heavy atom. The van der Waals surface area contributed by atoms with E-state index in [1.165, 1.54) is 4.68 Å². The zero-order valence-corrected chi connectivity index (χ0v) is 13.0. The molecule has 1 atom stereocenters. The van der Waals surface area contributed by atoms with Gasteiger partial charge in [0, 0.05) is 6.04 Å². The summed E-state index contributed by atoms with van der Waals surface area (Å²) in [6.07, 6.45) is 0. The third-order valence-corrected chi connectivity index (χ3v) is 5.05. The van der Waals surface area contributed by atoms with Crippen LogP contribution in [0.4, 0.5) is 0 Å². The van der Waals surface area contributed by atoms with Crippen molar-refractivity contribution in [1.82, 2.24) is 14.5 Å². The Morgan fingerprint density at radius 3 is 2.37 bits per heavy atom. The first-order chi connectivity index (χ1) is 8.70.